The predicted molar refractivity (Wildman–Crippen MR) is 141 cm³/mol. The van der Waals surface area contributed by atoms with Gasteiger partial charge in [-0.2, -0.15) is 0 Å². The Kier molecular flexibility index (Phi) is 9.91. The Hall–Kier alpha value is -3.35. The van der Waals surface area contributed by atoms with Crippen molar-refractivity contribution in [3.8, 4) is 5.75 Å². The van der Waals surface area contributed by atoms with E-state index in [1.54, 1.807) is 31.4 Å². The number of nitrogens with one attached hydrogen (secondary N) is 2. The zero-order valence-corrected chi connectivity index (χ0v) is 21.8. The number of benzene rings is 2. The number of methoxy groups -OCH3 is 1. The quantitative estimate of drug-likeness (QED) is 0.527. The largest absolute Gasteiger partial charge is 0.497 e. The predicted octanol–water partition coefficient (Wildman–Crippen LogP) is 3.83. The van der Waals surface area contributed by atoms with Gasteiger partial charge in [0.1, 0.15) is 11.8 Å². The maximum Gasteiger partial charge on any atom is 0.251 e. The van der Waals surface area contributed by atoms with Gasteiger partial charge >= 0.3 is 0 Å². The van der Waals surface area contributed by atoms with Gasteiger partial charge in [0.2, 0.25) is 11.8 Å². The first kappa shape index (κ1) is 27.2. The van der Waals surface area contributed by atoms with Crippen molar-refractivity contribution in [2.75, 3.05) is 20.2 Å². The monoisotopic (exact) mass is 493 g/mol. The van der Waals surface area contributed by atoms with Gasteiger partial charge in [-0.1, -0.05) is 44.2 Å². The fourth-order valence-corrected chi connectivity index (χ4v) is 4.38. The average Bonchev–Trinajstić information content (AvgIpc) is 2.90. The number of carbonyl (C=O) groups excluding carboxylic acids is 3. The number of likely N-dealkylation sites (tertiary alicyclic amines) is 1. The number of amides is 3. The maximum absolute atomic E-state index is 13.3. The fraction of sp³-hybridized carbons (Fsp3) is 0.483. The van der Waals surface area contributed by atoms with Crippen LogP contribution in [0.15, 0.2) is 54.6 Å². The number of hydrogen-bond acceptors (Lipinski definition) is 4. The lowest BCUT2D eigenvalue weighted by Gasteiger charge is -2.36. The number of aryl methyl sites for hydroxylation is 1. The lowest BCUT2D eigenvalue weighted by Crippen LogP contribution is -2.55. The van der Waals surface area contributed by atoms with Gasteiger partial charge in [-0.05, 0) is 67.9 Å². The molecule has 1 aliphatic rings. The Morgan fingerprint density at radius 2 is 1.58 bits per heavy atom. The van der Waals surface area contributed by atoms with Crippen molar-refractivity contribution in [3.05, 3.63) is 65.7 Å². The number of ether oxygens (including phenoxy) is 1. The van der Waals surface area contributed by atoms with E-state index in [1.165, 1.54) is 0 Å². The minimum Gasteiger partial charge on any atom is -0.497 e. The van der Waals surface area contributed by atoms with Crippen LogP contribution < -0.4 is 15.4 Å². The molecule has 0 bridgehead atoms. The molecule has 1 heterocycles. The first-order chi connectivity index (χ1) is 17.3. The minimum atomic E-state index is -0.664. The number of carbonyl (C=O) groups is 3. The van der Waals surface area contributed by atoms with Gasteiger partial charge in [-0.3, -0.25) is 14.4 Å². The number of hydrogen-bond donors (Lipinski definition) is 2. The first-order valence-corrected chi connectivity index (χ1v) is 12.9. The van der Waals surface area contributed by atoms with Gasteiger partial charge in [0, 0.05) is 31.1 Å². The smallest absolute Gasteiger partial charge is 0.251 e. The molecule has 7 heteroatoms. The van der Waals surface area contributed by atoms with E-state index in [1.807, 2.05) is 42.2 Å². The van der Waals surface area contributed by atoms with E-state index >= 15 is 0 Å². The highest BCUT2D eigenvalue weighted by Gasteiger charge is 2.34. The summed E-state index contributed by atoms with van der Waals surface area (Å²) >= 11 is 0. The van der Waals surface area contributed by atoms with Crippen LogP contribution in [-0.2, 0) is 16.0 Å². The van der Waals surface area contributed by atoms with Crippen molar-refractivity contribution in [3.63, 3.8) is 0 Å². The summed E-state index contributed by atoms with van der Waals surface area (Å²) in [6.07, 6.45) is 2.51. The molecule has 0 saturated carbocycles. The molecule has 0 aromatic heterocycles. The maximum atomic E-state index is 13.3. The third-order valence-electron chi connectivity index (χ3n) is 7.13. The van der Waals surface area contributed by atoms with Crippen LogP contribution in [0, 0.1) is 11.8 Å². The molecule has 3 amide bonds. The van der Waals surface area contributed by atoms with Crippen molar-refractivity contribution < 1.29 is 19.1 Å². The zero-order valence-electron chi connectivity index (χ0n) is 21.8. The lowest BCUT2D eigenvalue weighted by molar-refractivity contribution is -0.133. The highest BCUT2D eigenvalue weighted by molar-refractivity contribution is 5.97. The highest BCUT2D eigenvalue weighted by atomic mass is 16.5. The summed E-state index contributed by atoms with van der Waals surface area (Å²) in [5, 5.41) is 6.05. The molecule has 2 atom stereocenters. The van der Waals surface area contributed by atoms with Gasteiger partial charge < -0.3 is 20.3 Å². The van der Waals surface area contributed by atoms with Crippen LogP contribution in [0.3, 0.4) is 0 Å². The summed E-state index contributed by atoms with van der Waals surface area (Å²) < 4.78 is 5.17. The fourth-order valence-electron chi connectivity index (χ4n) is 4.38. The molecular weight excluding hydrogens is 454 g/mol. The van der Waals surface area contributed by atoms with E-state index in [9.17, 15) is 14.4 Å². The van der Waals surface area contributed by atoms with E-state index in [4.69, 9.17) is 4.74 Å². The Balaban J connectivity index is 1.63. The highest BCUT2D eigenvalue weighted by Crippen LogP contribution is 2.23. The van der Waals surface area contributed by atoms with E-state index in [0.717, 1.165) is 12.0 Å². The summed E-state index contributed by atoms with van der Waals surface area (Å²) in [4.78, 5) is 41.0. The molecule has 3 rings (SSSR count). The van der Waals surface area contributed by atoms with Gasteiger partial charge in [0.15, 0.2) is 0 Å². The molecular formula is C29H39N3O4. The molecule has 0 radical (unpaired) electrons. The van der Waals surface area contributed by atoms with E-state index < -0.39 is 6.04 Å². The van der Waals surface area contributed by atoms with Crippen LogP contribution in [-0.4, -0.2) is 54.9 Å². The third-order valence-corrected chi connectivity index (χ3v) is 7.13. The van der Waals surface area contributed by atoms with Crippen LogP contribution in [0.4, 0.5) is 0 Å². The molecule has 7 nitrogen and oxygen atoms in total. The molecule has 1 saturated heterocycles. The average molecular weight is 494 g/mol. The van der Waals surface area contributed by atoms with Gasteiger partial charge in [0.05, 0.1) is 7.11 Å². The van der Waals surface area contributed by atoms with Gasteiger partial charge in [-0.15, -0.1) is 0 Å². The van der Waals surface area contributed by atoms with Crippen molar-refractivity contribution in [2.24, 2.45) is 11.8 Å². The van der Waals surface area contributed by atoms with E-state index in [-0.39, 0.29) is 35.6 Å². The second-order valence-corrected chi connectivity index (χ2v) is 9.92. The summed E-state index contributed by atoms with van der Waals surface area (Å²) in [5.41, 5.74) is 1.62. The SMILES string of the molecule is COc1ccc(C(=O)N[C@H](C(=O)N[C@@H](C)C(C)C)C2CCN(C(=O)CCc3ccccc3)CC2)cc1. The van der Waals surface area contributed by atoms with Crippen LogP contribution in [0.1, 0.15) is 56.0 Å². The lowest BCUT2D eigenvalue weighted by atomic mass is 9.88. The van der Waals surface area contributed by atoms with Crippen molar-refractivity contribution in [2.45, 2.75) is 58.5 Å². The Morgan fingerprint density at radius 3 is 2.17 bits per heavy atom. The van der Waals surface area contributed by atoms with Crippen LogP contribution >= 0.6 is 0 Å². The number of piperidine rings is 1. The van der Waals surface area contributed by atoms with Crippen molar-refractivity contribution in [1.82, 2.24) is 15.5 Å². The Bertz CT molecular complexity index is 999. The molecule has 2 N–H and O–H groups in total. The molecule has 1 fully saturated rings. The Morgan fingerprint density at radius 1 is 0.944 bits per heavy atom. The number of nitrogens with zero attached hydrogens (tertiary/aromatic N) is 1. The van der Waals surface area contributed by atoms with E-state index in [0.29, 0.717) is 43.7 Å². The molecule has 1 aliphatic heterocycles. The summed E-state index contributed by atoms with van der Waals surface area (Å²) in [6, 6.07) is 16.2. The Labute approximate surface area is 214 Å². The molecule has 194 valence electrons. The van der Waals surface area contributed by atoms with E-state index in [2.05, 4.69) is 24.5 Å². The third kappa shape index (κ3) is 7.57. The summed E-state index contributed by atoms with van der Waals surface area (Å²) in [7, 11) is 1.57. The van der Waals surface area contributed by atoms with Crippen LogP contribution in [0.5, 0.6) is 5.75 Å². The second kappa shape index (κ2) is 13.1. The molecule has 0 spiro atoms. The molecule has 0 aliphatic carbocycles. The second-order valence-electron chi connectivity index (χ2n) is 9.92. The van der Waals surface area contributed by atoms with Gasteiger partial charge in [0.25, 0.3) is 5.91 Å². The standard InChI is InChI=1S/C29H39N3O4/c1-20(2)21(3)30-29(35)27(31-28(34)24-11-13-25(36-4)14-12-24)23-16-18-32(19-17-23)26(33)15-10-22-8-6-5-7-9-22/h5-9,11-14,20-21,23,27H,10,15-19H2,1-4H3,(H,30,35)(H,31,34)/t21-,27-/m0/s1. The molecule has 0 unspecified atom stereocenters. The van der Waals surface area contributed by atoms with Gasteiger partial charge in [-0.25, -0.2) is 0 Å². The zero-order chi connectivity index (χ0) is 26.1. The molecule has 2 aromatic rings. The first-order valence-electron chi connectivity index (χ1n) is 12.9. The number of rotatable bonds is 10. The van der Waals surface area contributed by atoms with Crippen molar-refractivity contribution in [1.29, 1.82) is 0 Å². The normalized spacial score (nSPS) is 15.8. The van der Waals surface area contributed by atoms with Crippen molar-refractivity contribution >= 4 is 17.7 Å². The minimum absolute atomic E-state index is 0.0162. The summed E-state index contributed by atoms with van der Waals surface area (Å²) in [5.74, 6) is 0.550. The topological polar surface area (TPSA) is 87.7 Å². The summed E-state index contributed by atoms with van der Waals surface area (Å²) in [6.45, 7) is 7.24. The van der Waals surface area contributed by atoms with Crippen LogP contribution in [0.2, 0.25) is 0 Å². The van der Waals surface area contributed by atoms with Crippen LogP contribution in [0.25, 0.3) is 0 Å². The molecule has 36 heavy (non-hydrogen) atoms. The molecule has 2 aromatic carbocycles.